The van der Waals surface area contributed by atoms with Crippen LogP contribution in [0.2, 0.25) is 0 Å². The average molecular weight is 220 g/mol. The van der Waals surface area contributed by atoms with E-state index in [1.54, 1.807) is 5.57 Å². The molecule has 0 spiro atoms. The van der Waals surface area contributed by atoms with Crippen molar-refractivity contribution in [2.75, 3.05) is 0 Å². The second-order valence-electron chi connectivity index (χ2n) is 5.57. The van der Waals surface area contributed by atoms with Crippen LogP contribution in [0.25, 0.3) is 0 Å². The zero-order valence-electron chi connectivity index (χ0n) is 11.6. The maximum Gasteiger partial charge on any atom is -0.0232 e. The van der Waals surface area contributed by atoms with Crippen LogP contribution in [0.15, 0.2) is 23.8 Å². The molecule has 0 amide bonds. The Morgan fingerprint density at radius 2 is 2.06 bits per heavy atom. The highest BCUT2D eigenvalue weighted by Gasteiger charge is 2.33. The van der Waals surface area contributed by atoms with Crippen molar-refractivity contribution in [1.82, 2.24) is 0 Å². The predicted molar refractivity (Wildman–Crippen MR) is 73.5 cm³/mol. The van der Waals surface area contributed by atoms with Gasteiger partial charge in [-0.1, -0.05) is 44.6 Å². The molecule has 0 aliphatic heterocycles. The molecule has 0 saturated heterocycles. The number of rotatable bonds is 7. The molecule has 0 radical (unpaired) electrons. The lowest BCUT2D eigenvalue weighted by Gasteiger charge is -2.15. The summed E-state index contributed by atoms with van der Waals surface area (Å²) in [5.74, 6) is 2.71. The van der Waals surface area contributed by atoms with Crippen LogP contribution in [-0.4, -0.2) is 0 Å². The molecule has 0 heteroatoms. The van der Waals surface area contributed by atoms with E-state index in [0.717, 1.165) is 17.8 Å². The van der Waals surface area contributed by atoms with Crippen LogP contribution < -0.4 is 0 Å². The first-order chi connectivity index (χ1) is 7.58. The van der Waals surface area contributed by atoms with Gasteiger partial charge in [-0.25, -0.2) is 0 Å². The second kappa shape index (κ2) is 6.27. The molecule has 0 aromatic rings. The number of allylic oxidation sites excluding steroid dienone is 3. The summed E-state index contributed by atoms with van der Waals surface area (Å²) in [7, 11) is 0. The van der Waals surface area contributed by atoms with Gasteiger partial charge >= 0.3 is 0 Å². The van der Waals surface area contributed by atoms with E-state index in [1.807, 2.05) is 0 Å². The topological polar surface area (TPSA) is 0 Å². The second-order valence-corrected chi connectivity index (χ2v) is 5.57. The van der Waals surface area contributed by atoms with Gasteiger partial charge in [0, 0.05) is 0 Å². The van der Waals surface area contributed by atoms with Crippen LogP contribution in [0.5, 0.6) is 0 Å². The Morgan fingerprint density at radius 1 is 1.44 bits per heavy atom. The van der Waals surface area contributed by atoms with Crippen LogP contribution in [-0.2, 0) is 0 Å². The zero-order valence-corrected chi connectivity index (χ0v) is 11.6. The summed E-state index contributed by atoms with van der Waals surface area (Å²) < 4.78 is 0. The molecule has 1 aliphatic rings. The first-order valence-corrected chi connectivity index (χ1v) is 6.90. The summed E-state index contributed by atoms with van der Waals surface area (Å²) in [6.07, 6.45) is 8.69. The van der Waals surface area contributed by atoms with Gasteiger partial charge in [-0.15, -0.1) is 0 Å². The van der Waals surface area contributed by atoms with Gasteiger partial charge < -0.3 is 0 Å². The summed E-state index contributed by atoms with van der Waals surface area (Å²) in [4.78, 5) is 0. The molecule has 1 rings (SSSR count). The van der Waals surface area contributed by atoms with E-state index in [4.69, 9.17) is 0 Å². The highest BCUT2D eigenvalue weighted by Crippen LogP contribution is 2.43. The largest absolute Gasteiger partial charge is 0.0996 e. The predicted octanol–water partition coefficient (Wildman–Crippen LogP) is 5.36. The van der Waals surface area contributed by atoms with E-state index in [0.29, 0.717) is 0 Å². The number of hydrogen-bond donors (Lipinski definition) is 0. The highest BCUT2D eigenvalue weighted by atomic mass is 14.4. The Hall–Kier alpha value is -0.520. The quantitative estimate of drug-likeness (QED) is 0.507. The van der Waals surface area contributed by atoms with Gasteiger partial charge in [0.25, 0.3) is 0 Å². The van der Waals surface area contributed by atoms with E-state index >= 15 is 0 Å². The molecule has 0 bridgehead atoms. The fourth-order valence-corrected chi connectivity index (χ4v) is 2.44. The Labute approximate surface area is 102 Å². The van der Waals surface area contributed by atoms with Crippen LogP contribution >= 0.6 is 0 Å². The maximum absolute atomic E-state index is 4.27. The Morgan fingerprint density at radius 3 is 2.50 bits per heavy atom. The summed E-state index contributed by atoms with van der Waals surface area (Å²) in [5.41, 5.74) is 3.04. The van der Waals surface area contributed by atoms with Crippen LogP contribution in [0.3, 0.4) is 0 Å². The molecule has 0 nitrogen and oxygen atoms in total. The van der Waals surface area contributed by atoms with Crippen LogP contribution in [0.4, 0.5) is 0 Å². The SMILES string of the molecule is C=C(CCC(=CC)CC)C(C)CC1CC1C. The first-order valence-electron chi connectivity index (χ1n) is 6.90. The maximum atomic E-state index is 4.27. The van der Waals surface area contributed by atoms with Crippen molar-refractivity contribution in [2.45, 2.75) is 59.8 Å². The molecule has 1 saturated carbocycles. The van der Waals surface area contributed by atoms with Gasteiger partial charge in [-0.05, 0) is 56.8 Å². The lowest BCUT2D eigenvalue weighted by atomic mass is 9.91. The minimum atomic E-state index is 0.727. The smallest absolute Gasteiger partial charge is 0.0232 e. The van der Waals surface area contributed by atoms with Gasteiger partial charge in [-0.2, -0.15) is 0 Å². The van der Waals surface area contributed by atoms with Gasteiger partial charge in [0.2, 0.25) is 0 Å². The van der Waals surface area contributed by atoms with Crippen molar-refractivity contribution in [3.8, 4) is 0 Å². The van der Waals surface area contributed by atoms with Crippen molar-refractivity contribution >= 4 is 0 Å². The van der Waals surface area contributed by atoms with Crippen LogP contribution in [0.1, 0.15) is 59.8 Å². The minimum Gasteiger partial charge on any atom is -0.0996 e. The normalized spacial score (nSPS) is 26.6. The van der Waals surface area contributed by atoms with Gasteiger partial charge in [-0.3, -0.25) is 0 Å². The molecule has 1 fully saturated rings. The van der Waals surface area contributed by atoms with E-state index < -0.39 is 0 Å². The molecule has 0 heterocycles. The summed E-state index contributed by atoms with van der Waals surface area (Å²) >= 11 is 0. The van der Waals surface area contributed by atoms with Gasteiger partial charge in [0.1, 0.15) is 0 Å². The first kappa shape index (κ1) is 13.5. The zero-order chi connectivity index (χ0) is 12.1. The third-order valence-electron chi connectivity index (χ3n) is 4.26. The monoisotopic (exact) mass is 220 g/mol. The van der Waals surface area contributed by atoms with Gasteiger partial charge in [0.05, 0.1) is 0 Å². The lowest BCUT2D eigenvalue weighted by Crippen LogP contribution is -2.01. The molecule has 1 aliphatic carbocycles. The van der Waals surface area contributed by atoms with Gasteiger partial charge in [0.15, 0.2) is 0 Å². The average Bonchev–Trinajstić information content (AvgIpc) is 2.95. The summed E-state index contributed by atoms with van der Waals surface area (Å²) in [6.45, 7) is 13.4. The summed E-state index contributed by atoms with van der Waals surface area (Å²) in [6, 6.07) is 0. The third kappa shape index (κ3) is 4.15. The molecule has 16 heavy (non-hydrogen) atoms. The molecular weight excluding hydrogens is 192 g/mol. The molecule has 0 aromatic carbocycles. The van der Waals surface area contributed by atoms with Crippen molar-refractivity contribution < 1.29 is 0 Å². The fraction of sp³-hybridized carbons (Fsp3) is 0.750. The Balaban J connectivity index is 2.23. The van der Waals surface area contributed by atoms with Crippen molar-refractivity contribution in [2.24, 2.45) is 17.8 Å². The standard InChI is InChI=1S/C16H28/c1-6-15(7-2)9-8-12(3)13(4)10-16-11-14(16)5/h6,13-14,16H,3,7-11H2,1-2,4-5H3. The molecule has 0 N–H and O–H groups in total. The van der Waals surface area contributed by atoms with E-state index in [1.165, 1.54) is 37.7 Å². The van der Waals surface area contributed by atoms with Crippen LogP contribution in [0, 0.1) is 17.8 Å². The van der Waals surface area contributed by atoms with E-state index in [-0.39, 0.29) is 0 Å². The van der Waals surface area contributed by atoms with E-state index in [9.17, 15) is 0 Å². The lowest BCUT2D eigenvalue weighted by molar-refractivity contribution is 0.527. The molecule has 0 aromatic heterocycles. The highest BCUT2D eigenvalue weighted by molar-refractivity contribution is 5.07. The Kier molecular flexibility index (Phi) is 5.31. The molecule has 3 atom stereocenters. The third-order valence-corrected chi connectivity index (χ3v) is 4.26. The van der Waals surface area contributed by atoms with Crippen molar-refractivity contribution in [1.29, 1.82) is 0 Å². The summed E-state index contributed by atoms with van der Waals surface area (Å²) in [5, 5.41) is 0. The number of hydrogen-bond acceptors (Lipinski definition) is 0. The molecule has 3 unspecified atom stereocenters. The minimum absolute atomic E-state index is 0.727. The fourth-order valence-electron chi connectivity index (χ4n) is 2.44. The molecular formula is C16H28. The van der Waals surface area contributed by atoms with Crippen molar-refractivity contribution in [3.05, 3.63) is 23.8 Å². The Bertz CT molecular complexity index is 259. The molecule has 92 valence electrons. The van der Waals surface area contributed by atoms with E-state index in [2.05, 4.69) is 40.3 Å². The van der Waals surface area contributed by atoms with Crippen molar-refractivity contribution in [3.63, 3.8) is 0 Å².